The lowest BCUT2D eigenvalue weighted by molar-refractivity contribution is -0.114. The molecule has 160 valence electrons. The minimum absolute atomic E-state index is 0.126. The first-order valence-corrected chi connectivity index (χ1v) is 9.63. The Bertz CT molecular complexity index is 948. The van der Waals surface area contributed by atoms with E-state index in [1.54, 1.807) is 13.1 Å². The van der Waals surface area contributed by atoms with E-state index in [9.17, 15) is 4.79 Å². The second-order valence-corrected chi connectivity index (χ2v) is 7.18. The first-order valence-electron chi connectivity index (χ1n) is 9.25. The molecular weight excluding hydrogens is 400 g/mol. The Morgan fingerprint density at radius 2 is 1.93 bits per heavy atom. The van der Waals surface area contributed by atoms with Crippen LogP contribution in [0.2, 0.25) is 0 Å². The molecule has 0 fully saturated rings. The second kappa shape index (κ2) is 12.4. The SMILES string of the molecule is C/C=C(/C)CN=C(NN)c1cc(-c2cccc(NC(C)=O)c2)cnc1N.C=C(C)Cl. The number of aromatic nitrogens is 1. The molecule has 6 N–H and O–H groups in total. The van der Waals surface area contributed by atoms with Crippen LogP contribution in [0.3, 0.4) is 0 Å². The number of aliphatic imine (C=N–C) groups is 1. The number of amidine groups is 1. The zero-order valence-corrected chi connectivity index (χ0v) is 18.5. The van der Waals surface area contributed by atoms with Gasteiger partial charge in [-0.2, -0.15) is 0 Å². The number of allylic oxidation sites excluding steroid dienone is 2. The zero-order chi connectivity index (χ0) is 22.7. The second-order valence-electron chi connectivity index (χ2n) is 6.54. The van der Waals surface area contributed by atoms with Gasteiger partial charge in [0.05, 0.1) is 12.1 Å². The highest BCUT2D eigenvalue weighted by Crippen LogP contribution is 2.25. The summed E-state index contributed by atoms with van der Waals surface area (Å²) in [5.41, 5.74) is 12.8. The van der Waals surface area contributed by atoms with E-state index in [4.69, 9.17) is 23.2 Å². The predicted octanol–water partition coefficient (Wildman–Crippen LogP) is 4.22. The molecule has 7 nitrogen and oxygen atoms in total. The number of rotatable bonds is 5. The number of hydrazine groups is 1. The number of nitrogens with one attached hydrogen (secondary N) is 2. The molecule has 0 radical (unpaired) electrons. The average molecular weight is 429 g/mol. The van der Waals surface area contributed by atoms with Crippen LogP contribution >= 0.6 is 11.6 Å². The van der Waals surface area contributed by atoms with E-state index >= 15 is 0 Å². The minimum atomic E-state index is -0.126. The number of benzene rings is 1. The highest BCUT2D eigenvalue weighted by molar-refractivity contribution is 6.28. The lowest BCUT2D eigenvalue weighted by Gasteiger charge is -2.11. The molecule has 1 aromatic carbocycles. The quantitative estimate of drug-likeness (QED) is 0.187. The van der Waals surface area contributed by atoms with E-state index in [0.29, 0.717) is 34.5 Å². The van der Waals surface area contributed by atoms with Crippen molar-refractivity contribution in [1.29, 1.82) is 0 Å². The van der Waals surface area contributed by atoms with Crippen LogP contribution in [0.25, 0.3) is 11.1 Å². The molecule has 1 amide bonds. The van der Waals surface area contributed by atoms with Crippen molar-refractivity contribution in [3.05, 3.63) is 65.4 Å². The van der Waals surface area contributed by atoms with Gasteiger partial charge in [-0.3, -0.25) is 9.79 Å². The molecule has 0 saturated heterocycles. The number of halogens is 1. The molecule has 0 aliphatic rings. The fourth-order valence-electron chi connectivity index (χ4n) is 2.31. The summed E-state index contributed by atoms with van der Waals surface area (Å²) in [5, 5.41) is 3.41. The number of carbonyl (C=O) groups is 1. The van der Waals surface area contributed by atoms with Crippen molar-refractivity contribution >= 4 is 34.8 Å². The summed E-state index contributed by atoms with van der Waals surface area (Å²) in [5.74, 6) is 6.32. The minimum Gasteiger partial charge on any atom is -0.383 e. The van der Waals surface area contributed by atoms with Gasteiger partial charge >= 0.3 is 0 Å². The first kappa shape index (κ1) is 24.9. The van der Waals surface area contributed by atoms with Gasteiger partial charge in [-0.25, -0.2) is 10.8 Å². The maximum absolute atomic E-state index is 11.3. The first-order chi connectivity index (χ1) is 14.2. The van der Waals surface area contributed by atoms with Crippen LogP contribution in [-0.2, 0) is 4.79 Å². The average Bonchev–Trinajstić information content (AvgIpc) is 2.68. The van der Waals surface area contributed by atoms with Crippen LogP contribution in [0.5, 0.6) is 0 Å². The molecule has 8 heteroatoms. The van der Waals surface area contributed by atoms with Crippen molar-refractivity contribution in [2.45, 2.75) is 27.7 Å². The lowest BCUT2D eigenvalue weighted by Crippen LogP contribution is -2.32. The maximum Gasteiger partial charge on any atom is 0.221 e. The molecule has 1 heterocycles. The van der Waals surface area contributed by atoms with Gasteiger partial charge in [-0.1, -0.05) is 42.0 Å². The van der Waals surface area contributed by atoms with Gasteiger partial charge in [0, 0.05) is 29.4 Å². The van der Waals surface area contributed by atoms with Crippen LogP contribution in [0.15, 0.2) is 64.8 Å². The van der Waals surface area contributed by atoms with E-state index in [1.807, 2.05) is 50.3 Å². The van der Waals surface area contributed by atoms with Crippen LogP contribution < -0.4 is 22.3 Å². The summed E-state index contributed by atoms with van der Waals surface area (Å²) < 4.78 is 0. The molecule has 0 aliphatic carbocycles. The van der Waals surface area contributed by atoms with E-state index in [2.05, 4.69) is 27.3 Å². The highest BCUT2D eigenvalue weighted by Gasteiger charge is 2.11. The summed E-state index contributed by atoms with van der Waals surface area (Å²) in [4.78, 5) is 20.0. The number of amides is 1. The zero-order valence-electron chi connectivity index (χ0n) is 17.8. The molecule has 30 heavy (non-hydrogen) atoms. The third-order valence-electron chi connectivity index (χ3n) is 3.81. The van der Waals surface area contributed by atoms with Gasteiger partial charge in [-0.15, -0.1) is 0 Å². The molecule has 0 atom stereocenters. The molecular formula is C22H29ClN6O. The van der Waals surface area contributed by atoms with Crippen LogP contribution in [0.4, 0.5) is 11.5 Å². The fourth-order valence-corrected chi connectivity index (χ4v) is 2.31. The standard InChI is InChI=1S/C19H24N6O.C3H5Cl/c1-4-12(2)10-23-19(25-21)17-9-15(11-22-18(17)20)14-6-5-7-16(8-14)24-13(3)26;1-3(2)4/h4-9,11H,10,21H2,1-3H3,(H2,20,22)(H,23,25)(H,24,26);1H2,2H3/b12-4-;. The highest BCUT2D eigenvalue weighted by atomic mass is 35.5. The Balaban J connectivity index is 0.00000103. The molecule has 2 aromatic rings. The van der Waals surface area contributed by atoms with Gasteiger partial charge in [0.1, 0.15) is 11.7 Å². The number of nitrogens with two attached hydrogens (primary N) is 2. The topological polar surface area (TPSA) is 118 Å². The number of nitrogen functional groups attached to an aromatic ring is 1. The molecule has 1 aromatic heterocycles. The summed E-state index contributed by atoms with van der Waals surface area (Å²) in [6.07, 6.45) is 3.67. The van der Waals surface area contributed by atoms with Crippen LogP contribution in [0.1, 0.15) is 33.3 Å². The van der Waals surface area contributed by atoms with Crippen molar-refractivity contribution < 1.29 is 4.79 Å². The smallest absolute Gasteiger partial charge is 0.221 e. The third-order valence-corrected chi connectivity index (χ3v) is 3.81. The van der Waals surface area contributed by atoms with Crippen LogP contribution in [-0.4, -0.2) is 23.3 Å². The number of hydrogen-bond acceptors (Lipinski definition) is 5. The number of pyridine rings is 1. The van der Waals surface area contributed by atoms with Crippen molar-refractivity contribution in [3.8, 4) is 11.1 Å². The van der Waals surface area contributed by atoms with Gasteiger partial charge in [-0.05, 0) is 44.5 Å². The van der Waals surface area contributed by atoms with Crippen molar-refractivity contribution in [3.63, 3.8) is 0 Å². The van der Waals surface area contributed by atoms with E-state index in [0.717, 1.165) is 16.7 Å². The van der Waals surface area contributed by atoms with Crippen molar-refractivity contribution in [2.75, 3.05) is 17.6 Å². The van der Waals surface area contributed by atoms with Gasteiger partial charge in [0.15, 0.2) is 0 Å². The van der Waals surface area contributed by atoms with E-state index in [-0.39, 0.29) is 5.91 Å². The van der Waals surface area contributed by atoms with Gasteiger partial charge in [0.2, 0.25) is 5.91 Å². The fraction of sp³-hybridized carbons (Fsp3) is 0.227. The van der Waals surface area contributed by atoms with Gasteiger partial charge in [0.25, 0.3) is 0 Å². The Hall–Kier alpha value is -3.16. The normalized spacial score (nSPS) is 11.3. The van der Waals surface area contributed by atoms with Crippen LogP contribution in [0, 0.1) is 0 Å². The number of hydrogen-bond donors (Lipinski definition) is 4. The number of anilines is 2. The third kappa shape index (κ3) is 8.46. The molecule has 0 unspecified atom stereocenters. The van der Waals surface area contributed by atoms with E-state index < -0.39 is 0 Å². The van der Waals surface area contributed by atoms with E-state index in [1.165, 1.54) is 6.92 Å². The number of carbonyl (C=O) groups excluding carboxylic acids is 1. The number of nitrogens with zero attached hydrogens (tertiary/aromatic N) is 2. The Kier molecular flexibility index (Phi) is 10.3. The maximum atomic E-state index is 11.3. The largest absolute Gasteiger partial charge is 0.383 e. The summed E-state index contributed by atoms with van der Waals surface area (Å²) in [7, 11) is 0. The predicted molar refractivity (Wildman–Crippen MR) is 127 cm³/mol. The monoisotopic (exact) mass is 428 g/mol. The van der Waals surface area contributed by atoms with Crippen molar-refractivity contribution in [1.82, 2.24) is 10.4 Å². The molecule has 0 bridgehead atoms. The Labute approximate surface area is 182 Å². The lowest BCUT2D eigenvalue weighted by atomic mass is 10.0. The Morgan fingerprint density at radius 3 is 2.50 bits per heavy atom. The van der Waals surface area contributed by atoms with Gasteiger partial charge < -0.3 is 16.5 Å². The summed E-state index contributed by atoms with van der Waals surface area (Å²) in [6, 6.07) is 9.36. The molecule has 2 rings (SSSR count). The molecule has 0 saturated carbocycles. The Morgan fingerprint density at radius 1 is 1.27 bits per heavy atom. The molecule has 0 spiro atoms. The summed E-state index contributed by atoms with van der Waals surface area (Å²) >= 11 is 5.08. The molecule has 0 aliphatic heterocycles. The van der Waals surface area contributed by atoms with Crippen molar-refractivity contribution in [2.24, 2.45) is 10.8 Å². The summed E-state index contributed by atoms with van der Waals surface area (Å²) in [6.45, 7) is 11.0.